The number of aryl methyl sites for hydroxylation is 1. The number of nitrogens with zero attached hydrogens (tertiary/aromatic N) is 4. The number of piperidine rings is 1. The number of hydrogen-bond donors (Lipinski definition) is 2. The average molecular weight is 403 g/mol. The molecule has 150 valence electrons. The van der Waals surface area contributed by atoms with Gasteiger partial charge in [0.25, 0.3) is 11.5 Å². The van der Waals surface area contributed by atoms with Crippen LogP contribution in [0.4, 0.5) is 0 Å². The van der Waals surface area contributed by atoms with E-state index >= 15 is 0 Å². The van der Waals surface area contributed by atoms with Crippen LogP contribution < -0.4 is 10.9 Å². The Balaban J connectivity index is 1.36. The Morgan fingerprint density at radius 3 is 3.14 bits per heavy atom. The molecule has 1 saturated heterocycles. The van der Waals surface area contributed by atoms with Gasteiger partial charge in [-0.15, -0.1) is 0 Å². The highest BCUT2D eigenvalue weighted by atomic mass is 32.2. The summed E-state index contributed by atoms with van der Waals surface area (Å²) < 4.78 is 1.61. The van der Waals surface area contributed by atoms with Gasteiger partial charge in [0.05, 0.1) is 24.8 Å². The maximum atomic E-state index is 12.4. The molecule has 1 atom stereocenters. The molecule has 1 fully saturated rings. The Hall–Kier alpha value is -2.13. The first kappa shape index (κ1) is 19.2. The zero-order chi connectivity index (χ0) is 19.3. The fraction of sp³-hybridized carbons (Fsp3) is 0.579. The molecule has 0 aliphatic carbocycles. The smallest absolute Gasteiger partial charge is 0.269 e. The van der Waals surface area contributed by atoms with Crippen molar-refractivity contribution in [3.8, 4) is 0 Å². The van der Waals surface area contributed by atoms with E-state index in [1.54, 1.807) is 10.7 Å². The third kappa shape index (κ3) is 4.47. The van der Waals surface area contributed by atoms with Gasteiger partial charge < -0.3 is 10.3 Å². The van der Waals surface area contributed by atoms with Crippen LogP contribution in [0.3, 0.4) is 0 Å². The number of carbonyl (C=O) groups excluding carboxylic acids is 1. The van der Waals surface area contributed by atoms with E-state index in [1.165, 1.54) is 12.5 Å². The van der Waals surface area contributed by atoms with Gasteiger partial charge in [-0.1, -0.05) is 6.42 Å². The molecule has 0 saturated carbocycles. The van der Waals surface area contributed by atoms with Crippen molar-refractivity contribution in [1.82, 2.24) is 30.0 Å². The molecular formula is C19H26N6O2S. The lowest BCUT2D eigenvalue weighted by atomic mass is 10.0. The van der Waals surface area contributed by atoms with Crippen LogP contribution in [0, 0.1) is 0 Å². The molecule has 2 aromatic rings. The highest BCUT2D eigenvalue weighted by molar-refractivity contribution is 7.98. The van der Waals surface area contributed by atoms with E-state index in [2.05, 4.69) is 25.3 Å². The molecule has 0 bridgehead atoms. The SMILES string of the molecule is O=C(NCC1CCCCN1CCn1nc2c(cc1=O)CSCC2)c1cnc[nH]1. The van der Waals surface area contributed by atoms with E-state index < -0.39 is 0 Å². The lowest BCUT2D eigenvalue weighted by molar-refractivity contribution is 0.0905. The van der Waals surface area contributed by atoms with Crippen LogP contribution in [0.1, 0.15) is 41.0 Å². The number of aromatic amines is 1. The largest absolute Gasteiger partial charge is 0.349 e. The van der Waals surface area contributed by atoms with Crippen LogP contribution in [-0.4, -0.2) is 62.0 Å². The zero-order valence-corrected chi connectivity index (χ0v) is 16.7. The number of likely N-dealkylation sites (tertiary alicyclic amines) is 1. The molecule has 2 N–H and O–H groups in total. The van der Waals surface area contributed by atoms with Gasteiger partial charge in [-0.25, -0.2) is 9.67 Å². The molecule has 2 aromatic heterocycles. The molecule has 4 heterocycles. The lowest BCUT2D eigenvalue weighted by Crippen LogP contribution is -2.48. The molecule has 8 nitrogen and oxygen atoms in total. The molecule has 9 heteroatoms. The first-order valence-corrected chi connectivity index (χ1v) is 11.0. The third-order valence-corrected chi connectivity index (χ3v) is 6.50. The second-order valence-corrected chi connectivity index (χ2v) is 8.45. The average Bonchev–Trinajstić information content (AvgIpc) is 3.26. The summed E-state index contributed by atoms with van der Waals surface area (Å²) in [5.41, 5.74) is 2.63. The van der Waals surface area contributed by atoms with Crippen molar-refractivity contribution in [3.63, 3.8) is 0 Å². The molecule has 28 heavy (non-hydrogen) atoms. The quantitative estimate of drug-likeness (QED) is 0.750. The molecule has 0 radical (unpaired) electrons. The van der Waals surface area contributed by atoms with E-state index in [0.717, 1.165) is 61.5 Å². The number of amides is 1. The van der Waals surface area contributed by atoms with Gasteiger partial charge in [0.2, 0.25) is 0 Å². The minimum Gasteiger partial charge on any atom is -0.349 e. The van der Waals surface area contributed by atoms with Gasteiger partial charge in [-0.3, -0.25) is 14.5 Å². The summed E-state index contributed by atoms with van der Waals surface area (Å²) in [5, 5.41) is 7.61. The number of aromatic nitrogens is 4. The van der Waals surface area contributed by atoms with Crippen molar-refractivity contribution in [2.24, 2.45) is 0 Å². The monoisotopic (exact) mass is 402 g/mol. The summed E-state index contributed by atoms with van der Waals surface area (Å²) in [5.74, 6) is 1.83. The highest BCUT2D eigenvalue weighted by Crippen LogP contribution is 2.21. The first-order valence-electron chi connectivity index (χ1n) is 9.89. The number of imidazole rings is 1. The summed E-state index contributed by atoms with van der Waals surface area (Å²) in [7, 11) is 0. The predicted octanol–water partition coefficient (Wildman–Crippen LogP) is 1.04. The van der Waals surface area contributed by atoms with Crippen molar-refractivity contribution < 1.29 is 4.79 Å². The molecule has 1 unspecified atom stereocenters. The minimum atomic E-state index is -0.131. The van der Waals surface area contributed by atoms with E-state index in [9.17, 15) is 9.59 Å². The molecule has 2 aliphatic rings. The summed E-state index contributed by atoms with van der Waals surface area (Å²) in [6.07, 6.45) is 7.33. The summed E-state index contributed by atoms with van der Waals surface area (Å²) in [6, 6.07) is 2.04. The molecule has 0 aromatic carbocycles. The maximum absolute atomic E-state index is 12.4. The Bertz CT molecular complexity index is 866. The fourth-order valence-electron chi connectivity index (χ4n) is 3.91. The van der Waals surface area contributed by atoms with Gasteiger partial charge in [0.1, 0.15) is 5.69 Å². The number of rotatable bonds is 6. The maximum Gasteiger partial charge on any atom is 0.269 e. The van der Waals surface area contributed by atoms with Crippen LogP contribution in [0.5, 0.6) is 0 Å². The third-order valence-electron chi connectivity index (χ3n) is 5.49. The van der Waals surface area contributed by atoms with Gasteiger partial charge in [-0.2, -0.15) is 16.9 Å². The number of fused-ring (bicyclic) bond motifs is 1. The number of nitrogens with one attached hydrogen (secondary N) is 2. The summed E-state index contributed by atoms with van der Waals surface area (Å²) in [4.78, 5) is 33.6. The van der Waals surface area contributed by atoms with Crippen molar-refractivity contribution in [3.05, 3.63) is 45.9 Å². The molecule has 1 amide bonds. The van der Waals surface area contributed by atoms with Gasteiger partial charge in [-0.05, 0) is 30.7 Å². The minimum absolute atomic E-state index is 0.0117. The van der Waals surface area contributed by atoms with Crippen LogP contribution >= 0.6 is 11.8 Å². The van der Waals surface area contributed by atoms with E-state index in [-0.39, 0.29) is 17.5 Å². The van der Waals surface area contributed by atoms with Crippen molar-refractivity contribution in [2.45, 2.75) is 44.0 Å². The Morgan fingerprint density at radius 1 is 1.36 bits per heavy atom. The molecular weight excluding hydrogens is 376 g/mol. The van der Waals surface area contributed by atoms with E-state index in [1.807, 2.05) is 11.8 Å². The van der Waals surface area contributed by atoms with Crippen LogP contribution in [-0.2, 0) is 18.7 Å². The fourth-order valence-corrected chi connectivity index (χ4v) is 4.86. The Labute approximate surface area is 168 Å². The number of hydrogen-bond acceptors (Lipinski definition) is 6. The highest BCUT2D eigenvalue weighted by Gasteiger charge is 2.23. The van der Waals surface area contributed by atoms with Crippen LogP contribution in [0.15, 0.2) is 23.4 Å². The van der Waals surface area contributed by atoms with E-state index in [0.29, 0.717) is 18.8 Å². The standard InChI is InChI=1S/C19H26N6O2S/c26-18-9-14-12-28-8-4-16(14)23-25(18)7-6-24-5-2-1-3-15(24)10-21-19(27)17-11-20-13-22-17/h9,11,13,15H,1-8,10,12H2,(H,20,22)(H,21,27). The van der Waals surface area contributed by atoms with Crippen molar-refractivity contribution in [2.75, 3.05) is 25.4 Å². The molecule has 4 rings (SSSR count). The van der Waals surface area contributed by atoms with Crippen LogP contribution in [0.2, 0.25) is 0 Å². The normalized spacial score (nSPS) is 19.9. The topological polar surface area (TPSA) is 95.9 Å². The Kier molecular flexibility index (Phi) is 6.11. The zero-order valence-electron chi connectivity index (χ0n) is 15.9. The number of carbonyl (C=O) groups is 1. The first-order chi connectivity index (χ1) is 13.7. The lowest BCUT2D eigenvalue weighted by Gasteiger charge is -2.35. The van der Waals surface area contributed by atoms with Crippen LogP contribution in [0.25, 0.3) is 0 Å². The number of H-pyrrole nitrogens is 1. The van der Waals surface area contributed by atoms with E-state index in [4.69, 9.17) is 0 Å². The molecule has 0 spiro atoms. The second-order valence-electron chi connectivity index (χ2n) is 7.34. The van der Waals surface area contributed by atoms with Crippen molar-refractivity contribution >= 4 is 17.7 Å². The van der Waals surface area contributed by atoms with Gasteiger partial charge >= 0.3 is 0 Å². The van der Waals surface area contributed by atoms with Gasteiger partial charge in [0, 0.05) is 37.4 Å². The molecule has 2 aliphatic heterocycles. The summed E-state index contributed by atoms with van der Waals surface area (Å²) in [6.45, 7) is 2.94. The second kappa shape index (κ2) is 8.91. The van der Waals surface area contributed by atoms with Crippen molar-refractivity contribution in [1.29, 1.82) is 0 Å². The predicted molar refractivity (Wildman–Crippen MR) is 108 cm³/mol. The number of thioether (sulfide) groups is 1. The summed E-state index contributed by atoms with van der Waals surface area (Å²) >= 11 is 1.86. The van der Waals surface area contributed by atoms with Gasteiger partial charge in [0.15, 0.2) is 0 Å². The Morgan fingerprint density at radius 2 is 2.29 bits per heavy atom.